The summed E-state index contributed by atoms with van der Waals surface area (Å²) in [5.74, 6) is 0.652. The van der Waals surface area contributed by atoms with Crippen molar-refractivity contribution in [2.75, 3.05) is 13.9 Å². The van der Waals surface area contributed by atoms with E-state index in [1.165, 1.54) is 19.2 Å². The van der Waals surface area contributed by atoms with Gasteiger partial charge in [0.15, 0.2) is 11.5 Å². The molecule has 0 fully saturated rings. The Morgan fingerprint density at radius 3 is 2.58 bits per heavy atom. The number of benzene rings is 2. The molecule has 0 radical (unpaired) electrons. The van der Waals surface area contributed by atoms with Crippen LogP contribution in [0.3, 0.4) is 0 Å². The van der Waals surface area contributed by atoms with Crippen LogP contribution in [0.2, 0.25) is 0 Å². The van der Waals surface area contributed by atoms with Crippen molar-refractivity contribution in [3.8, 4) is 17.2 Å². The van der Waals surface area contributed by atoms with E-state index in [-0.39, 0.29) is 30.4 Å². The number of rotatable bonds is 5. The summed E-state index contributed by atoms with van der Waals surface area (Å²) in [6, 6.07) is 11.2. The molecular formula is C21H19F3N2O5. The smallest absolute Gasteiger partial charge is 0.438 e. The van der Waals surface area contributed by atoms with Crippen LogP contribution in [0.25, 0.3) is 0 Å². The second-order valence-corrected chi connectivity index (χ2v) is 7.16. The minimum atomic E-state index is -5.08. The molecule has 1 atom stereocenters. The third kappa shape index (κ3) is 3.90. The number of nitrogens with zero attached hydrogens (tertiary/aromatic N) is 2. The maximum Gasteiger partial charge on any atom is 0.438 e. The molecule has 0 saturated carbocycles. The number of alkyl halides is 3. The van der Waals surface area contributed by atoms with E-state index in [4.69, 9.17) is 14.2 Å². The summed E-state index contributed by atoms with van der Waals surface area (Å²) in [6.45, 7) is 0.0902. The van der Waals surface area contributed by atoms with E-state index in [0.29, 0.717) is 28.4 Å². The molecule has 0 aromatic heterocycles. The molecule has 0 aliphatic carbocycles. The van der Waals surface area contributed by atoms with Crippen LogP contribution >= 0.6 is 0 Å². The first-order valence-electron chi connectivity index (χ1n) is 9.44. The van der Waals surface area contributed by atoms with Crippen molar-refractivity contribution in [3.05, 3.63) is 53.6 Å². The van der Waals surface area contributed by atoms with Crippen LogP contribution in [-0.2, 0) is 11.2 Å². The van der Waals surface area contributed by atoms with E-state index in [1.807, 2.05) is 0 Å². The number of hydrogen-bond acceptors (Lipinski definition) is 6. The van der Waals surface area contributed by atoms with E-state index >= 15 is 0 Å². The summed E-state index contributed by atoms with van der Waals surface area (Å²) < 4.78 is 56.6. The van der Waals surface area contributed by atoms with Crippen LogP contribution in [0.4, 0.5) is 13.2 Å². The fraction of sp³-hybridized carbons (Fsp3) is 0.333. The van der Waals surface area contributed by atoms with Crippen molar-refractivity contribution in [2.24, 2.45) is 5.10 Å². The lowest BCUT2D eigenvalue weighted by atomic mass is 10.0. The Balaban J connectivity index is 1.54. The van der Waals surface area contributed by atoms with E-state index in [1.54, 1.807) is 30.3 Å². The Morgan fingerprint density at radius 1 is 1.19 bits per heavy atom. The van der Waals surface area contributed by atoms with Gasteiger partial charge in [0.2, 0.25) is 12.7 Å². The fourth-order valence-electron chi connectivity index (χ4n) is 3.43. The fourth-order valence-corrected chi connectivity index (χ4v) is 3.43. The number of halogens is 3. The second-order valence-electron chi connectivity index (χ2n) is 7.16. The Hall–Kier alpha value is -3.27. The molecule has 2 heterocycles. The second kappa shape index (κ2) is 7.77. The predicted molar refractivity (Wildman–Crippen MR) is 103 cm³/mol. The van der Waals surface area contributed by atoms with Crippen LogP contribution < -0.4 is 14.2 Å². The highest BCUT2D eigenvalue weighted by Gasteiger charge is 2.63. The summed E-state index contributed by atoms with van der Waals surface area (Å²) >= 11 is 0. The van der Waals surface area contributed by atoms with Gasteiger partial charge in [0.25, 0.3) is 5.72 Å². The van der Waals surface area contributed by atoms with Crippen LogP contribution in [0.5, 0.6) is 17.2 Å². The third-order valence-electron chi connectivity index (χ3n) is 5.16. The topological polar surface area (TPSA) is 80.6 Å². The molecule has 2 aromatic rings. The molecule has 0 spiro atoms. The van der Waals surface area contributed by atoms with Crippen LogP contribution in [-0.4, -0.2) is 47.5 Å². The van der Waals surface area contributed by atoms with Crippen molar-refractivity contribution in [1.82, 2.24) is 5.01 Å². The number of fused-ring (bicyclic) bond motifs is 1. The molecule has 0 unspecified atom stereocenters. The molecule has 0 saturated heterocycles. The molecule has 2 aliphatic rings. The number of carbonyl (C=O) groups excluding carboxylic acids is 1. The number of aliphatic hydroxyl groups is 1. The Morgan fingerprint density at radius 2 is 1.90 bits per heavy atom. The van der Waals surface area contributed by atoms with Crippen molar-refractivity contribution in [3.63, 3.8) is 0 Å². The van der Waals surface area contributed by atoms with Gasteiger partial charge in [0.05, 0.1) is 19.2 Å². The zero-order valence-corrected chi connectivity index (χ0v) is 16.5. The maximum absolute atomic E-state index is 13.7. The zero-order chi connectivity index (χ0) is 22.2. The molecule has 0 bridgehead atoms. The molecular weight excluding hydrogens is 417 g/mol. The van der Waals surface area contributed by atoms with Gasteiger partial charge in [-0.05, 0) is 53.9 Å². The van der Waals surface area contributed by atoms with E-state index in [9.17, 15) is 23.1 Å². The van der Waals surface area contributed by atoms with Gasteiger partial charge in [-0.3, -0.25) is 4.79 Å². The summed E-state index contributed by atoms with van der Waals surface area (Å²) in [6.07, 6.45) is -6.08. The highest BCUT2D eigenvalue weighted by atomic mass is 19.4. The SMILES string of the molecule is COc1ccc(C2=NN(C(=O)CCc3ccc4c(c3)OCO4)[C@@](O)(C(F)(F)F)C2)cc1. The van der Waals surface area contributed by atoms with Crippen LogP contribution in [0, 0.1) is 0 Å². The Bertz CT molecular complexity index is 1020. The quantitative estimate of drug-likeness (QED) is 0.779. The van der Waals surface area contributed by atoms with Gasteiger partial charge < -0.3 is 19.3 Å². The van der Waals surface area contributed by atoms with Crippen LogP contribution in [0.1, 0.15) is 24.0 Å². The van der Waals surface area contributed by atoms with Gasteiger partial charge in [-0.2, -0.15) is 23.3 Å². The van der Waals surface area contributed by atoms with Crippen molar-refractivity contribution < 1.29 is 37.3 Å². The van der Waals surface area contributed by atoms with Gasteiger partial charge in [0.1, 0.15) is 5.75 Å². The minimum absolute atomic E-state index is 0.0427. The first-order valence-corrected chi connectivity index (χ1v) is 9.44. The molecule has 10 heteroatoms. The zero-order valence-electron chi connectivity index (χ0n) is 16.5. The standard InChI is InChI=1S/C21H19F3N2O5/c1-29-15-6-4-14(5-7-15)16-11-20(28,21(22,23)24)26(25-16)19(27)9-3-13-2-8-17-18(10-13)31-12-30-17/h2,4-8,10,28H,3,9,11-12H2,1H3/t20-/m0/s1. The minimum Gasteiger partial charge on any atom is -0.497 e. The summed E-state index contributed by atoms with van der Waals surface area (Å²) in [7, 11) is 1.46. The summed E-state index contributed by atoms with van der Waals surface area (Å²) in [5, 5.41) is 14.4. The molecule has 1 N–H and O–H groups in total. The number of methoxy groups -OCH3 is 1. The lowest BCUT2D eigenvalue weighted by Gasteiger charge is -2.32. The maximum atomic E-state index is 13.7. The Labute approximate surface area is 175 Å². The Kier molecular flexibility index (Phi) is 5.26. The van der Waals surface area contributed by atoms with Crippen LogP contribution in [0.15, 0.2) is 47.6 Å². The number of hydrazone groups is 1. The highest BCUT2D eigenvalue weighted by molar-refractivity contribution is 6.03. The first-order chi connectivity index (χ1) is 14.7. The number of carbonyl (C=O) groups is 1. The molecule has 2 aliphatic heterocycles. The van der Waals surface area contributed by atoms with E-state index in [0.717, 1.165) is 0 Å². The van der Waals surface area contributed by atoms with Crippen molar-refractivity contribution >= 4 is 11.6 Å². The molecule has 2 aromatic carbocycles. The van der Waals surface area contributed by atoms with Crippen molar-refractivity contribution in [1.29, 1.82) is 0 Å². The van der Waals surface area contributed by atoms with Gasteiger partial charge in [-0.15, -0.1) is 0 Å². The number of aryl methyl sites for hydroxylation is 1. The molecule has 4 rings (SSSR count). The molecule has 164 valence electrons. The molecule has 7 nitrogen and oxygen atoms in total. The first kappa shape index (κ1) is 21.0. The average molecular weight is 436 g/mol. The molecule has 1 amide bonds. The lowest BCUT2D eigenvalue weighted by molar-refractivity contribution is -0.302. The van der Waals surface area contributed by atoms with Gasteiger partial charge >= 0.3 is 6.18 Å². The average Bonchev–Trinajstić information content (AvgIpc) is 3.36. The molecule has 31 heavy (non-hydrogen) atoms. The number of hydrogen-bond donors (Lipinski definition) is 1. The summed E-state index contributed by atoms with van der Waals surface area (Å²) in [5.41, 5.74) is -2.41. The lowest BCUT2D eigenvalue weighted by Crippen LogP contribution is -2.56. The number of amides is 1. The third-order valence-corrected chi connectivity index (χ3v) is 5.16. The van der Waals surface area contributed by atoms with Gasteiger partial charge in [-0.25, -0.2) is 0 Å². The highest BCUT2D eigenvalue weighted by Crippen LogP contribution is 2.42. The van der Waals surface area contributed by atoms with Gasteiger partial charge in [-0.1, -0.05) is 6.07 Å². The predicted octanol–water partition coefficient (Wildman–Crippen LogP) is 3.24. The monoisotopic (exact) mass is 436 g/mol. The van der Waals surface area contributed by atoms with Gasteiger partial charge in [0, 0.05) is 6.42 Å². The van der Waals surface area contributed by atoms with Crippen molar-refractivity contribution in [2.45, 2.75) is 31.2 Å². The number of ether oxygens (including phenoxy) is 3. The van der Waals surface area contributed by atoms with E-state index in [2.05, 4.69) is 5.10 Å². The normalized spacial score (nSPS) is 20.0. The largest absolute Gasteiger partial charge is 0.497 e. The summed E-state index contributed by atoms with van der Waals surface area (Å²) in [4.78, 5) is 12.7. The van der Waals surface area contributed by atoms with E-state index < -0.39 is 24.2 Å².